The highest BCUT2D eigenvalue weighted by molar-refractivity contribution is 5.92. The molecule has 0 spiro atoms. The van der Waals surface area contributed by atoms with Gasteiger partial charge in [0.2, 0.25) is 0 Å². The molecule has 8 heteroatoms. The molecule has 2 aromatic heterocycles. The largest absolute Gasteiger partial charge is 0.335 e. The maximum atomic E-state index is 12.4. The first kappa shape index (κ1) is 17.4. The minimum Gasteiger partial charge on any atom is -0.335 e. The molecular formula is C19H23N7O. The summed E-state index contributed by atoms with van der Waals surface area (Å²) in [4.78, 5) is 21.2. The number of imidazole rings is 1. The van der Waals surface area contributed by atoms with Gasteiger partial charge in [0.25, 0.3) is 5.91 Å². The van der Waals surface area contributed by atoms with Gasteiger partial charge in [-0.1, -0.05) is 35.5 Å². The van der Waals surface area contributed by atoms with Gasteiger partial charge in [0, 0.05) is 64.3 Å². The van der Waals surface area contributed by atoms with E-state index < -0.39 is 0 Å². The van der Waals surface area contributed by atoms with E-state index in [2.05, 4.69) is 36.9 Å². The molecule has 0 unspecified atom stereocenters. The Kier molecular flexibility index (Phi) is 4.97. The number of piperazine rings is 1. The van der Waals surface area contributed by atoms with Gasteiger partial charge in [0.1, 0.15) is 5.82 Å². The van der Waals surface area contributed by atoms with Crippen molar-refractivity contribution in [1.82, 2.24) is 34.3 Å². The van der Waals surface area contributed by atoms with Crippen molar-refractivity contribution in [1.29, 1.82) is 0 Å². The van der Waals surface area contributed by atoms with Gasteiger partial charge in [-0.15, -0.1) is 5.10 Å². The van der Waals surface area contributed by atoms with Crippen LogP contribution in [0.2, 0.25) is 0 Å². The van der Waals surface area contributed by atoms with Crippen molar-refractivity contribution in [2.45, 2.75) is 6.54 Å². The van der Waals surface area contributed by atoms with Crippen molar-refractivity contribution < 1.29 is 4.79 Å². The van der Waals surface area contributed by atoms with E-state index in [-0.39, 0.29) is 5.91 Å². The van der Waals surface area contributed by atoms with E-state index in [0.29, 0.717) is 18.8 Å². The number of carbonyl (C=O) groups is 1. The van der Waals surface area contributed by atoms with Gasteiger partial charge in [-0.3, -0.25) is 14.4 Å². The van der Waals surface area contributed by atoms with E-state index in [9.17, 15) is 4.79 Å². The standard InChI is InChI=1S/C19H23N7O/c1-23-15-17(21-22-23)19(27)26-13-10-24(11-14-26)9-12-25-8-7-20-18(25)16-5-3-2-4-6-16/h2-8,15H,9-14H2,1H3. The van der Waals surface area contributed by atoms with Crippen LogP contribution in [0.4, 0.5) is 0 Å². The zero-order valence-electron chi connectivity index (χ0n) is 15.4. The molecule has 0 N–H and O–H groups in total. The second-order valence-corrected chi connectivity index (χ2v) is 6.72. The quantitative estimate of drug-likeness (QED) is 0.678. The van der Waals surface area contributed by atoms with Crippen LogP contribution in [-0.2, 0) is 13.6 Å². The van der Waals surface area contributed by atoms with Crippen LogP contribution in [0.15, 0.2) is 48.9 Å². The topological polar surface area (TPSA) is 72.1 Å². The Bertz CT molecular complexity index is 894. The molecule has 1 amide bonds. The van der Waals surface area contributed by atoms with E-state index in [1.807, 2.05) is 35.5 Å². The third-order valence-corrected chi connectivity index (χ3v) is 4.89. The molecule has 1 saturated heterocycles. The van der Waals surface area contributed by atoms with Crippen molar-refractivity contribution in [3.63, 3.8) is 0 Å². The number of aryl methyl sites for hydroxylation is 1. The Morgan fingerprint density at radius 2 is 1.85 bits per heavy atom. The minimum atomic E-state index is -0.0382. The summed E-state index contributed by atoms with van der Waals surface area (Å²) in [7, 11) is 1.77. The van der Waals surface area contributed by atoms with Crippen molar-refractivity contribution in [2.75, 3.05) is 32.7 Å². The molecule has 3 aromatic rings. The van der Waals surface area contributed by atoms with Crippen LogP contribution in [-0.4, -0.2) is 73.0 Å². The van der Waals surface area contributed by atoms with Crippen molar-refractivity contribution in [3.8, 4) is 11.4 Å². The van der Waals surface area contributed by atoms with E-state index in [0.717, 1.165) is 37.6 Å². The molecule has 140 valence electrons. The summed E-state index contributed by atoms with van der Waals surface area (Å²) in [6.07, 6.45) is 5.54. The second kappa shape index (κ2) is 7.71. The van der Waals surface area contributed by atoms with Crippen molar-refractivity contribution in [2.24, 2.45) is 7.05 Å². The molecule has 1 fully saturated rings. The molecule has 3 heterocycles. The molecule has 1 aromatic carbocycles. The third-order valence-electron chi connectivity index (χ3n) is 4.89. The number of hydrogen-bond donors (Lipinski definition) is 0. The maximum Gasteiger partial charge on any atom is 0.276 e. The Morgan fingerprint density at radius 3 is 2.56 bits per heavy atom. The Labute approximate surface area is 158 Å². The fraction of sp³-hybridized carbons (Fsp3) is 0.368. The Morgan fingerprint density at radius 1 is 1.07 bits per heavy atom. The average Bonchev–Trinajstić information content (AvgIpc) is 3.36. The second-order valence-electron chi connectivity index (χ2n) is 6.72. The minimum absolute atomic E-state index is 0.0382. The summed E-state index contributed by atoms with van der Waals surface area (Å²) in [6, 6.07) is 10.2. The summed E-state index contributed by atoms with van der Waals surface area (Å²) >= 11 is 0. The summed E-state index contributed by atoms with van der Waals surface area (Å²) in [6.45, 7) is 4.96. The molecule has 4 rings (SSSR count). The fourth-order valence-electron chi connectivity index (χ4n) is 3.37. The van der Waals surface area contributed by atoms with Crippen molar-refractivity contribution in [3.05, 3.63) is 54.6 Å². The zero-order chi connectivity index (χ0) is 18.6. The summed E-state index contributed by atoms with van der Waals surface area (Å²) in [5.41, 5.74) is 1.54. The van der Waals surface area contributed by atoms with E-state index in [1.54, 1.807) is 17.9 Å². The predicted molar refractivity (Wildman–Crippen MR) is 101 cm³/mol. The van der Waals surface area contributed by atoms with Crippen LogP contribution in [0, 0.1) is 0 Å². The van der Waals surface area contributed by atoms with Gasteiger partial charge >= 0.3 is 0 Å². The van der Waals surface area contributed by atoms with Gasteiger partial charge in [-0.2, -0.15) is 0 Å². The highest BCUT2D eigenvalue weighted by Gasteiger charge is 2.23. The number of aromatic nitrogens is 5. The van der Waals surface area contributed by atoms with Crippen LogP contribution >= 0.6 is 0 Å². The summed E-state index contributed by atoms with van der Waals surface area (Å²) in [5.74, 6) is 0.954. The lowest BCUT2D eigenvalue weighted by atomic mass is 10.2. The first-order valence-corrected chi connectivity index (χ1v) is 9.15. The van der Waals surface area contributed by atoms with E-state index in [1.165, 1.54) is 0 Å². The number of hydrogen-bond acceptors (Lipinski definition) is 5. The number of carbonyl (C=O) groups excluding carboxylic acids is 1. The van der Waals surface area contributed by atoms with Crippen LogP contribution in [0.5, 0.6) is 0 Å². The number of rotatable bonds is 5. The fourth-order valence-corrected chi connectivity index (χ4v) is 3.37. The van der Waals surface area contributed by atoms with Gasteiger partial charge in [0.15, 0.2) is 5.69 Å². The molecular weight excluding hydrogens is 342 g/mol. The normalized spacial score (nSPS) is 15.2. The lowest BCUT2D eigenvalue weighted by Crippen LogP contribution is -2.49. The average molecular weight is 365 g/mol. The summed E-state index contributed by atoms with van der Waals surface area (Å²) < 4.78 is 3.74. The molecule has 0 bridgehead atoms. The molecule has 8 nitrogen and oxygen atoms in total. The molecule has 0 radical (unpaired) electrons. The molecule has 27 heavy (non-hydrogen) atoms. The van der Waals surface area contributed by atoms with E-state index >= 15 is 0 Å². The number of nitrogens with zero attached hydrogens (tertiary/aromatic N) is 7. The summed E-state index contributed by atoms with van der Waals surface area (Å²) in [5, 5.41) is 7.76. The van der Waals surface area contributed by atoms with Gasteiger partial charge < -0.3 is 9.47 Å². The third kappa shape index (κ3) is 3.90. The Hall–Kier alpha value is -3.00. The van der Waals surface area contributed by atoms with Crippen LogP contribution < -0.4 is 0 Å². The number of benzene rings is 1. The molecule has 1 aliphatic rings. The predicted octanol–water partition coefficient (Wildman–Crippen LogP) is 1.14. The highest BCUT2D eigenvalue weighted by atomic mass is 16.2. The van der Waals surface area contributed by atoms with Crippen molar-refractivity contribution >= 4 is 5.91 Å². The maximum absolute atomic E-state index is 12.4. The monoisotopic (exact) mass is 365 g/mol. The SMILES string of the molecule is Cn1cc(C(=O)N2CCN(CCn3ccnc3-c3ccccc3)CC2)nn1. The van der Waals surface area contributed by atoms with Crippen LogP contribution in [0.1, 0.15) is 10.5 Å². The van der Waals surface area contributed by atoms with Crippen LogP contribution in [0.25, 0.3) is 11.4 Å². The molecule has 1 aliphatic heterocycles. The number of amides is 1. The first-order valence-electron chi connectivity index (χ1n) is 9.15. The zero-order valence-corrected chi connectivity index (χ0v) is 15.4. The van der Waals surface area contributed by atoms with Gasteiger partial charge in [0.05, 0.1) is 6.20 Å². The highest BCUT2D eigenvalue weighted by Crippen LogP contribution is 2.17. The lowest BCUT2D eigenvalue weighted by molar-refractivity contribution is 0.0627. The smallest absolute Gasteiger partial charge is 0.276 e. The molecule has 0 saturated carbocycles. The Balaban J connectivity index is 1.31. The van der Waals surface area contributed by atoms with Gasteiger partial charge in [-0.25, -0.2) is 4.98 Å². The first-order chi connectivity index (χ1) is 13.2. The van der Waals surface area contributed by atoms with Crippen LogP contribution in [0.3, 0.4) is 0 Å². The van der Waals surface area contributed by atoms with E-state index in [4.69, 9.17) is 0 Å². The molecule has 0 atom stereocenters. The van der Waals surface area contributed by atoms with Gasteiger partial charge in [-0.05, 0) is 0 Å². The lowest BCUT2D eigenvalue weighted by Gasteiger charge is -2.34. The molecule has 0 aliphatic carbocycles.